The number of unbranched alkanes of at least 4 members (excludes halogenated alkanes) is 2. The summed E-state index contributed by atoms with van der Waals surface area (Å²) in [7, 11) is -3.17. The Kier molecular flexibility index (Phi) is 26.9. The zero-order valence-corrected chi connectivity index (χ0v) is 35.3. The van der Waals surface area contributed by atoms with E-state index in [9.17, 15) is 32.1 Å². The van der Waals surface area contributed by atoms with Gasteiger partial charge in [-0.2, -0.15) is 0 Å². The van der Waals surface area contributed by atoms with Gasteiger partial charge in [0, 0.05) is 31.1 Å². The summed E-state index contributed by atoms with van der Waals surface area (Å²) in [6.07, 6.45) is 5.79. The van der Waals surface area contributed by atoms with Crippen LogP contribution in [0.3, 0.4) is 0 Å². The van der Waals surface area contributed by atoms with Crippen molar-refractivity contribution >= 4 is 33.9 Å². The Balaban J connectivity index is 0. The average molecular weight is 745 g/mol. The van der Waals surface area contributed by atoms with Gasteiger partial charge in [0.2, 0.25) is 11.8 Å². The fourth-order valence-corrected chi connectivity index (χ4v) is 6.65. The molecule has 15 heteroatoms. The second-order valence-corrected chi connectivity index (χ2v) is 15.5. The molecular formula is C35H65N2NaO11S. The van der Waals surface area contributed by atoms with E-state index in [0.717, 1.165) is 38.5 Å². The minimum Gasteiger partial charge on any atom is -0.748 e. The number of carbonyl (C=O) groups is 4. The Morgan fingerprint density at radius 1 is 0.840 bits per heavy atom. The van der Waals surface area contributed by atoms with Crippen LogP contribution in [0.4, 0.5) is 0 Å². The number of ether oxygens (including phenoxy) is 4. The SMILES string of the molecule is CCCCOCNC(=O)C(C)CC(CC(C)(CC(CC)C(=O)NC(C)(C)CS(=O)(=O)[O-])C(=O)OCCOC)C(=O)OCC(CC)CCCC.[Na+]. The molecular weight excluding hydrogens is 679 g/mol. The van der Waals surface area contributed by atoms with E-state index >= 15 is 0 Å². The molecule has 288 valence electrons. The second-order valence-electron chi connectivity index (χ2n) is 14.1. The summed E-state index contributed by atoms with van der Waals surface area (Å²) >= 11 is 0. The number of amides is 2. The minimum absolute atomic E-state index is 0. The predicted octanol–water partition coefficient (Wildman–Crippen LogP) is 1.73. The summed E-state index contributed by atoms with van der Waals surface area (Å²) in [5.74, 6) is -5.01. The Bertz CT molecular complexity index is 1110. The van der Waals surface area contributed by atoms with Crippen molar-refractivity contribution in [2.24, 2.45) is 29.1 Å². The Morgan fingerprint density at radius 3 is 2.00 bits per heavy atom. The van der Waals surface area contributed by atoms with Crippen LogP contribution >= 0.6 is 0 Å². The number of esters is 2. The quantitative estimate of drug-likeness (QED) is 0.0391. The van der Waals surface area contributed by atoms with Gasteiger partial charge in [0.1, 0.15) is 13.3 Å². The van der Waals surface area contributed by atoms with Crippen LogP contribution in [0.5, 0.6) is 0 Å². The van der Waals surface area contributed by atoms with E-state index in [1.165, 1.54) is 21.0 Å². The first-order valence-corrected chi connectivity index (χ1v) is 19.4. The van der Waals surface area contributed by atoms with Crippen LogP contribution in [0, 0.1) is 29.1 Å². The monoisotopic (exact) mass is 744 g/mol. The van der Waals surface area contributed by atoms with Gasteiger partial charge in [0.15, 0.2) is 0 Å². The third kappa shape index (κ3) is 21.9. The van der Waals surface area contributed by atoms with Crippen molar-refractivity contribution in [1.29, 1.82) is 0 Å². The van der Waals surface area contributed by atoms with Crippen LogP contribution in [0.2, 0.25) is 0 Å². The minimum atomic E-state index is -4.64. The first-order valence-electron chi connectivity index (χ1n) is 17.8. The molecule has 0 saturated heterocycles. The molecule has 0 aliphatic carbocycles. The molecule has 5 atom stereocenters. The van der Waals surface area contributed by atoms with Crippen LogP contribution in [0.1, 0.15) is 120 Å². The summed E-state index contributed by atoms with van der Waals surface area (Å²) < 4.78 is 56.2. The normalized spacial score (nSPS) is 15.4. The second kappa shape index (κ2) is 26.5. The molecule has 5 unspecified atom stereocenters. The van der Waals surface area contributed by atoms with Gasteiger partial charge < -0.3 is 34.1 Å². The zero-order chi connectivity index (χ0) is 37.7. The van der Waals surface area contributed by atoms with Crippen molar-refractivity contribution in [3.63, 3.8) is 0 Å². The Hall–Kier alpha value is -1.29. The first kappa shape index (κ1) is 50.8. The van der Waals surface area contributed by atoms with E-state index in [0.29, 0.717) is 6.61 Å². The number of hydrogen-bond donors (Lipinski definition) is 2. The molecule has 0 aromatic heterocycles. The van der Waals surface area contributed by atoms with Gasteiger partial charge in [-0.1, -0.05) is 60.3 Å². The smallest absolute Gasteiger partial charge is 0.748 e. The summed E-state index contributed by atoms with van der Waals surface area (Å²) in [6.45, 7) is 14.9. The third-order valence-electron chi connectivity index (χ3n) is 8.68. The summed E-state index contributed by atoms with van der Waals surface area (Å²) in [5.41, 5.74) is -2.75. The molecule has 2 amide bonds. The van der Waals surface area contributed by atoms with Crippen molar-refractivity contribution in [3.05, 3.63) is 0 Å². The summed E-state index contributed by atoms with van der Waals surface area (Å²) in [4.78, 5) is 54.0. The van der Waals surface area contributed by atoms with Gasteiger partial charge in [-0.15, -0.1) is 0 Å². The van der Waals surface area contributed by atoms with Crippen LogP contribution < -0.4 is 40.2 Å². The maximum absolute atomic E-state index is 13.8. The standard InChI is InChI=1S/C35H66N2O11S.Na/c1-10-14-16-27(12-3)23-48-32(40)29(20-26(5)30(38)36-25-46-17-15-11-2)22-35(8,33(41)47-19-18-45-9)21-28(13-4)31(39)37-34(6,7)24-49(42,43)44;/h26-29H,10-25H2,1-9H3,(H,36,38)(H,37,39)(H,42,43,44);/q;+1/p-1. The molecule has 0 spiro atoms. The third-order valence-corrected chi connectivity index (χ3v) is 9.76. The molecule has 0 radical (unpaired) electrons. The van der Waals surface area contributed by atoms with Crippen LogP contribution in [0.15, 0.2) is 0 Å². The first-order chi connectivity index (χ1) is 22.9. The molecule has 50 heavy (non-hydrogen) atoms. The largest absolute Gasteiger partial charge is 1.00 e. The van der Waals surface area contributed by atoms with Crippen molar-refractivity contribution < 1.29 is 80.7 Å². The molecule has 0 bridgehead atoms. The van der Waals surface area contributed by atoms with Crippen molar-refractivity contribution in [2.75, 3.05) is 46.0 Å². The van der Waals surface area contributed by atoms with E-state index < -0.39 is 62.4 Å². The maximum atomic E-state index is 13.8. The van der Waals surface area contributed by atoms with Gasteiger partial charge in [0.05, 0.1) is 40.4 Å². The Morgan fingerprint density at radius 2 is 1.46 bits per heavy atom. The van der Waals surface area contributed by atoms with E-state index in [-0.39, 0.29) is 93.6 Å². The molecule has 0 heterocycles. The van der Waals surface area contributed by atoms with Crippen molar-refractivity contribution in [3.8, 4) is 0 Å². The van der Waals surface area contributed by atoms with E-state index in [1.807, 2.05) is 13.8 Å². The maximum Gasteiger partial charge on any atom is 1.00 e. The predicted molar refractivity (Wildman–Crippen MR) is 186 cm³/mol. The number of methoxy groups -OCH3 is 1. The van der Waals surface area contributed by atoms with Gasteiger partial charge in [0.25, 0.3) is 0 Å². The van der Waals surface area contributed by atoms with Crippen LogP contribution in [-0.4, -0.2) is 88.3 Å². The van der Waals surface area contributed by atoms with E-state index in [1.54, 1.807) is 20.8 Å². The topological polar surface area (TPSA) is 186 Å². The number of carbonyl (C=O) groups excluding carboxylic acids is 4. The number of rotatable bonds is 28. The number of nitrogens with one attached hydrogen (secondary N) is 2. The molecule has 0 rings (SSSR count). The van der Waals surface area contributed by atoms with Crippen molar-refractivity contribution in [1.82, 2.24) is 10.6 Å². The van der Waals surface area contributed by atoms with Crippen LogP contribution in [-0.2, 0) is 48.2 Å². The molecule has 0 saturated carbocycles. The number of hydrogen-bond acceptors (Lipinski definition) is 11. The van der Waals surface area contributed by atoms with Gasteiger partial charge in [-0.3, -0.25) is 19.2 Å². The van der Waals surface area contributed by atoms with Crippen molar-refractivity contribution in [2.45, 2.75) is 125 Å². The molecule has 2 N–H and O–H groups in total. The fraction of sp³-hybridized carbons (Fsp3) is 0.886. The molecule has 0 aliphatic heterocycles. The summed E-state index contributed by atoms with van der Waals surface area (Å²) in [6, 6.07) is 0. The molecule has 0 fully saturated rings. The molecule has 13 nitrogen and oxygen atoms in total. The molecule has 0 aromatic carbocycles. The zero-order valence-electron chi connectivity index (χ0n) is 32.5. The average Bonchev–Trinajstić information content (AvgIpc) is 3.01. The molecule has 0 aliphatic rings. The fourth-order valence-electron chi connectivity index (χ4n) is 5.69. The Labute approximate surface area is 323 Å². The summed E-state index contributed by atoms with van der Waals surface area (Å²) in [5, 5.41) is 5.39. The molecule has 0 aromatic rings. The van der Waals surface area contributed by atoms with Gasteiger partial charge >= 0.3 is 41.5 Å². The van der Waals surface area contributed by atoms with E-state index in [2.05, 4.69) is 17.6 Å². The van der Waals surface area contributed by atoms with Crippen LogP contribution in [0.25, 0.3) is 0 Å². The van der Waals surface area contributed by atoms with Gasteiger partial charge in [-0.25, -0.2) is 8.42 Å². The van der Waals surface area contributed by atoms with Gasteiger partial charge in [-0.05, 0) is 65.2 Å². The van der Waals surface area contributed by atoms with E-state index in [4.69, 9.17) is 18.9 Å².